The minimum Gasteiger partial charge on any atom is -0.480 e. The number of carboxylic acids is 1. The average molecular weight is 276 g/mol. The van der Waals surface area contributed by atoms with E-state index in [2.05, 4.69) is 5.32 Å². The normalized spacial score (nSPS) is 14.9. The van der Waals surface area contributed by atoms with E-state index in [1.54, 1.807) is 12.1 Å². The lowest BCUT2D eigenvalue weighted by atomic mass is 10.1. The van der Waals surface area contributed by atoms with E-state index in [0.717, 1.165) is 4.90 Å². The zero-order valence-electron chi connectivity index (χ0n) is 10.6. The summed E-state index contributed by atoms with van der Waals surface area (Å²) in [5, 5.41) is 10.9. The van der Waals surface area contributed by atoms with Gasteiger partial charge in [0.25, 0.3) is 11.8 Å². The van der Waals surface area contributed by atoms with Crippen molar-refractivity contribution in [3.63, 3.8) is 0 Å². The standard InChI is InChI=1S/C13H12N2O5/c1-7(13(19)20)14-10(16)6-15-11(17)8-4-2-3-5-9(8)12(15)18/h2-5,7H,6H2,1H3,(H,14,16)(H,19,20)/t7-/m0/s1. The first kappa shape index (κ1) is 13.7. The van der Waals surface area contributed by atoms with Gasteiger partial charge in [0, 0.05) is 0 Å². The van der Waals surface area contributed by atoms with Gasteiger partial charge in [-0.15, -0.1) is 0 Å². The van der Waals surface area contributed by atoms with Crippen LogP contribution in [-0.2, 0) is 9.59 Å². The van der Waals surface area contributed by atoms with Crippen LogP contribution in [0.25, 0.3) is 0 Å². The fourth-order valence-corrected chi connectivity index (χ4v) is 1.88. The van der Waals surface area contributed by atoms with Gasteiger partial charge in [-0.3, -0.25) is 24.1 Å². The predicted molar refractivity (Wildman–Crippen MR) is 67.0 cm³/mol. The molecule has 1 heterocycles. The number of carbonyl (C=O) groups excluding carboxylic acids is 3. The molecule has 1 atom stereocenters. The van der Waals surface area contributed by atoms with Gasteiger partial charge >= 0.3 is 5.97 Å². The maximum absolute atomic E-state index is 12.0. The summed E-state index contributed by atoms with van der Waals surface area (Å²) in [7, 11) is 0. The number of benzene rings is 1. The molecule has 0 fully saturated rings. The second kappa shape index (κ2) is 5.12. The van der Waals surface area contributed by atoms with E-state index in [1.165, 1.54) is 19.1 Å². The highest BCUT2D eigenvalue weighted by Crippen LogP contribution is 2.21. The zero-order chi connectivity index (χ0) is 14.9. The second-order valence-electron chi connectivity index (χ2n) is 4.37. The molecule has 0 saturated carbocycles. The van der Waals surface area contributed by atoms with Gasteiger partial charge in [-0.1, -0.05) is 12.1 Å². The molecule has 0 aliphatic carbocycles. The molecule has 1 aliphatic rings. The first-order valence-corrected chi connectivity index (χ1v) is 5.89. The number of aliphatic carboxylic acids is 1. The van der Waals surface area contributed by atoms with Gasteiger partial charge in [-0.05, 0) is 19.1 Å². The van der Waals surface area contributed by atoms with Crippen molar-refractivity contribution >= 4 is 23.7 Å². The van der Waals surface area contributed by atoms with Crippen LogP contribution in [0.5, 0.6) is 0 Å². The summed E-state index contributed by atoms with van der Waals surface area (Å²) in [4.78, 5) is 47.0. The van der Waals surface area contributed by atoms with Crippen LogP contribution in [0, 0.1) is 0 Å². The number of nitrogens with zero attached hydrogens (tertiary/aromatic N) is 1. The highest BCUT2D eigenvalue weighted by Gasteiger charge is 2.36. The van der Waals surface area contributed by atoms with Crippen LogP contribution in [0.15, 0.2) is 24.3 Å². The molecule has 7 nitrogen and oxygen atoms in total. The minimum absolute atomic E-state index is 0.247. The summed E-state index contributed by atoms with van der Waals surface area (Å²) >= 11 is 0. The zero-order valence-corrected chi connectivity index (χ0v) is 10.6. The molecule has 0 bridgehead atoms. The highest BCUT2D eigenvalue weighted by molar-refractivity contribution is 6.22. The van der Waals surface area contributed by atoms with Gasteiger partial charge in [0.1, 0.15) is 12.6 Å². The van der Waals surface area contributed by atoms with Crippen molar-refractivity contribution in [2.75, 3.05) is 6.54 Å². The first-order valence-electron chi connectivity index (χ1n) is 5.89. The van der Waals surface area contributed by atoms with Crippen molar-refractivity contribution in [3.05, 3.63) is 35.4 Å². The van der Waals surface area contributed by atoms with Crippen LogP contribution in [0.3, 0.4) is 0 Å². The quantitative estimate of drug-likeness (QED) is 0.746. The lowest BCUT2D eigenvalue weighted by Crippen LogP contribution is -2.45. The van der Waals surface area contributed by atoms with Gasteiger partial charge in [-0.2, -0.15) is 0 Å². The maximum Gasteiger partial charge on any atom is 0.325 e. The molecule has 2 rings (SSSR count). The molecule has 1 aliphatic heterocycles. The Balaban J connectivity index is 2.09. The second-order valence-corrected chi connectivity index (χ2v) is 4.37. The molecule has 1 aromatic carbocycles. The number of carbonyl (C=O) groups is 4. The summed E-state index contributed by atoms with van der Waals surface area (Å²) < 4.78 is 0. The van der Waals surface area contributed by atoms with E-state index in [-0.39, 0.29) is 11.1 Å². The van der Waals surface area contributed by atoms with Crippen molar-refractivity contribution in [1.82, 2.24) is 10.2 Å². The number of fused-ring (bicyclic) bond motifs is 1. The molecule has 1 aromatic rings. The van der Waals surface area contributed by atoms with E-state index in [9.17, 15) is 19.2 Å². The first-order chi connectivity index (χ1) is 9.41. The van der Waals surface area contributed by atoms with Crippen molar-refractivity contribution in [2.24, 2.45) is 0 Å². The van der Waals surface area contributed by atoms with E-state index in [0.29, 0.717) is 0 Å². The molecular weight excluding hydrogens is 264 g/mol. The van der Waals surface area contributed by atoms with Crippen molar-refractivity contribution in [1.29, 1.82) is 0 Å². The lowest BCUT2D eigenvalue weighted by Gasteiger charge is -2.15. The molecule has 0 radical (unpaired) electrons. The molecule has 0 saturated heterocycles. The van der Waals surface area contributed by atoms with Gasteiger partial charge in [0.05, 0.1) is 11.1 Å². The Kier molecular flexibility index (Phi) is 3.51. The lowest BCUT2D eigenvalue weighted by molar-refractivity contribution is -0.141. The number of hydrogen-bond donors (Lipinski definition) is 2. The Labute approximate surface area is 114 Å². The van der Waals surface area contributed by atoms with Gasteiger partial charge < -0.3 is 10.4 Å². The molecular formula is C13H12N2O5. The van der Waals surface area contributed by atoms with Gasteiger partial charge in [0.2, 0.25) is 5.91 Å². The molecule has 20 heavy (non-hydrogen) atoms. The fourth-order valence-electron chi connectivity index (χ4n) is 1.88. The largest absolute Gasteiger partial charge is 0.480 e. The Hall–Kier alpha value is -2.70. The topological polar surface area (TPSA) is 104 Å². The molecule has 0 spiro atoms. The van der Waals surface area contributed by atoms with Crippen LogP contribution in [-0.4, -0.2) is 46.3 Å². The van der Waals surface area contributed by atoms with E-state index in [4.69, 9.17) is 5.11 Å². The van der Waals surface area contributed by atoms with E-state index >= 15 is 0 Å². The monoisotopic (exact) mass is 276 g/mol. The number of rotatable bonds is 4. The smallest absolute Gasteiger partial charge is 0.325 e. The third kappa shape index (κ3) is 2.37. The molecule has 7 heteroatoms. The van der Waals surface area contributed by atoms with E-state index < -0.39 is 36.3 Å². The fraction of sp³-hybridized carbons (Fsp3) is 0.231. The molecule has 0 unspecified atom stereocenters. The van der Waals surface area contributed by atoms with Gasteiger partial charge in [-0.25, -0.2) is 0 Å². The van der Waals surface area contributed by atoms with Crippen LogP contribution in [0.1, 0.15) is 27.6 Å². The predicted octanol–water partition coefficient (Wildman–Crippen LogP) is -0.128. The number of imide groups is 1. The Bertz CT molecular complexity index is 576. The Morgan fingerprint density at radius 2 is 1.70 bits per heavy atom. The highest BCUT2D eigenvalue weighted by atomic mass is 16.4. The maximum atomic E-state index is 12.0. The van der Waals surface area contributed by atoms with Crippen molar-refractivity contribution in [3.8, 4) is 0 Å². The molecule has 0 aromatic heterocycles. The van der Waals surface area contributed by atoms with Crippen LogP contribution in [0.4, 0.5) is 0 Å². The number of hydrogen-bond acceptors (Lipinski definition) is 4. The van der Waals surface area contributed by atoms with Crippen LogP contribution >= 0.6 is 0 Å². The van der Waals surface area contributed by atoms with Crippen molar-refractivity contribution in [2.45, 2.75) is 13.0 Å². The SMILES string of the molecule is C[C@H](NC(=O)CN1C(=O)c2ccccc2C1=O)C(=O)O. The summed E-state index contributed by atoms with van der Waals surface area (Å²) in [5.74, 6) is -3.00. The Morgan fingerprint density at radius 1 is 1.20 bits per heavy atom. The average Bonchev–Trinajstić information content (AvgIpc) is 2.64. The molecule has 3 amide bonds. The van der Waals surface area contributed by atoms with Crippen LogP contribution in [0.2, 0.25) is 0 Å². The van der Waals surface area contributed by atoms with Crippen molar-refractivity contribution < 1.29 is 24.3 Å². The third-order valence-corrected chi connectivity index (χ3v) is 2.93. The Morgan fingerprint density at radius 3 is 2.15 bits per heavy atom. The number of carboxylic acid groups (broad SMARTS) is 1. The molecule has 104 valence electrons. The van der Waals surface area contributed by atoms with Crippen LogP contribution < -0.4 is 5.32 Å². The van der Waals surface area contributed by atoms with E-state index in [1.807, 2.05) is 0 Å². The summed E-state index contributed by atoms with van der Waals surface area (Å²) in [6.07, 6.45) is 0. The summed E-state index contributed by atoms with van der Waals surface area (Å²) in [5.41, 5.74) is 0.494. The van der Waals surface area contributed by atoms with Gasteiger partial charge in [0.15, 0.2) is 0 Å². The summed E-state index contributed by atoms with van der Waals surface area (Å²) in [6.45, 7) is 0.798. The summed E-state index contributed by atoms with van der Waals surface area (Å²) in [6, 6.07) is 5.18. The molecule has 2 N–H and O–H groups in total. The number of amides is 3. The number of nitrogens with one attached hydrogen (secondary N) is 1. The third-order valence-electron chi connectivity index (χ3n) is 2.93. The minimum atomic E-state index is -1.19.